The van der Waals surface area contributed by atoms with Gasteiger partial charge in [0.25, 0.3) is 0 Å². The second-order valence-corrected chi connectivity index (χ2v) is 3.16. The number of Topliss-reactive ketones (excluding diaryl/α,β-unsaturated/α-hetero) is 1. The van der Waals surface area contributed by atoms with Gasteiger partial charge in [-0.1, -0.05) is 6.07 Å². The van der Waals surface area contributed by atoms with Crippen molar-refractivity contribution in [1.29, 1.82) is 0 Å². The maximum atomic E-state index is 13.3. The first-order valence-corrected chi connectivity index (χ1v) is 4.40. The summed E-state index contributed by atoms with van der Waals surface area (Å²) >= 11 is 0. The van der Waals surface area contributed by atoms with E-state index in [1.54, 1.807) is 13.0 Å². The molecule has 1 aromatic rings. The number of rotatable bonds is 3. The maximum absolute atomic E-state index is 13.3. The average Bonchev–Trinajstić information content (AvgIpc) is 2.17. The second-order valence-electron chi connectivity index (χ2n) is 3.16. The third-order valence-corrected chi connectivity index (χ3v) is 1.96. The summed E-state index contributed by atoms with van der Waals surface area (Å²) in [5, 5.41) is 0. The van der Waals surface area contributed by atoms with Crippen LogP contribution in [0.15, 0.2) is 18.2 Å². The van der Waals surface area contributed by atoms with Gasteiger partial charge >= 0.3 is 5.97 Å². The van der Waals surface area contributed by atoms with Crippen molar-refractivity contribution in [2.75, 3.05) is 7.11 Å². The molecule has 0 N–H and O–H groups in total. The molecule has 0 bridgehead atoms. The molecule has 0 radical (unpaired) electrons. The summed E-state index contributed by atoms with van der Waals surface area (Å²) in [6, 6.07) is 4.24. The Bertz CT molecular complexity index is 399. The summed E-state index contributed by atoms with van der Waals surface area (Å²) in [6.07, 6.45) is -0.434. The van der Waals surface area contributed by atoms with E-state index >= 15 is 0 Å². The molecule has 0 heterocycles. The minimum atomic E-state index is -0.667. The molecule has 0 aliphatic carbocycles. The topological polar surface area (TPSA) is 43.4 Å². The molecule has 0 saturated carbocycles. The van der Waals surface area contributed by atoms with Crippen LogP contribution in [0, 0.1) is 12.7 Å². The first kappa shape index (κ1) is 11.4. The van der Waals surface area contributed by atoms with Crippen LogP contribution in [0.1, 0.15) is 22.3 Å². The van der Waals surface area contributed by atoms with Crippen LogP contribution in [0.4, 0.5) is 4.39 Å². The van der Waals surface area contributed by atoms with Gasteiger partial charge in [0, 0.05) is 0 Å². The van der Waals surface area contributed by atoms with Gasteiger partial charge in [0.1, 0.15) is 12.2 Å². The minimum Gasteiger partial charge on any atom is -0.469 e. The molecule has 0 fully saturated rings. The Morgan fingerprint density at radius 3 is 2.60 bits per heavy atom. The van der Waals surface area contributed by atoms with Crippen LogP contribution in [0.5, 0.6) is 0 Å². The lowest BCUT2D eigenvalue weighted by Gasteiger charge is -2.02. The Balaban J connectivity index is 2.87. The highest BCUT2D eigenvalue weighted by Gasteiger charge is 2.15. The number of carbonyl (C=O) groups excluding carboxylic acids is 2. The molecule has 1 aromatic carbocycles. The Morgan fingerprint density at radius 1 is 1.40 bits per heavy atom. The molecule has 1 rings (SSSR count). The fourth-order valence-electron chi connectivity index (χ4n) is 1.14. The van der Waals surface area contributed by atoms with E-state index in [2.05, 4.69) is 4.74 Å². The molecular weight excluding hydrogens is 199 g/mol. The molecule has 0 spiro atoms. The van der Waals surface area contributed by atoms with Gasteiger partial charge in [0.05, 0.1) is 12.7 Å². The number of hydrogen-bond acceptors (Lipinski definition) is 3. The lowest BCUT2D eigenvalue weighted by Crippen LogP contribution is -2.11. The predicted molar refractivity (Wildman–Crippen MR) is 52.1 cm³/mol. The molecule has 0 amide bonds. The standard InChI is InChI=1S/C11H11FO3/c1-7-3-4-8(9(12)5-7)10(13)6-11(14)15-2/h3-5H,6H2,1-2H3. The van der Waals surface area contributed by atoms with E-state index in [0.717, 1.165) is 5.56 Å². The predicted octanol–water partition coefficient (Wildman–Crippen LogP) is 1.88. The molecular formula is C11H11FO3. The highest BCUT2D eigenvalue weighted by molar-refractivity contribution is 6.06. The number of esters is 1. The molecule has 0 aliphatic rings. The van der Waals surface area contributed by atoms with E-state index in [-0.39, 0.29) is 5.56 Å². The van der Waals surface area contributed by atoms with Crippen LogP contribution < -0.4 is 0 Å². The van der Waals surface area contributed by atoms with Crippen molar-refractivity contribution >= 4 is 11.8 Å². The SMILES string of the molecule is COC(=O)CC(=O)c1ccc(C)cc1F. The Morgan fingerprint density at radius 2 is 2.07 bits per heavy atom. The normalized spacial score (nSPS) is 9.80. The Kier molecular flexibility index (Phi) is 3.55. The molecule has 15 heavy (non-hydrogen) atoms. The molecule has 0 atom stereocenters. The number of ether oxygens (including phenoxy) is 1. The van der Waals surface area contributed by atoms with Gasteiger partial charge in [0.2, 0.25) is 0 Å². The van der Waals surface area contributed by atoms with E-state index in [9.17, 15) is 14.0 Å². The number of methoxy groups -OCH3 is 1. The minimum absolute atomic E-state index is 0.0778. The Hall–Kier alpha value is -1.71. The zero-order valence-corrected chi connectivity index (χ0v) is 8.54. The first-order valence-electron chi connectivity index (χ1n) is 4.40. The molecule has 80 valence electrons. The average molecular weight is 210 g/mol. The van der Waals surface area contributed by atoms with Crippen molar-refractivity contribution in [3.8, 4) is 0 Å². The number of ketones is 1. The lowest BCUT2D eigenvalue weighted by atomic mass is 10.1. The largest absolute Gasteiger partial charge is 0.469 e. The zero-order valence-electron chi connectivity index (χ0n) is 8.54. The molecule has 0 unspecified atom stereocenters. The number of aryl methyl sites for hydroxylation is 1. The van der Waals surface area contributed by atoms with Gasteiger partial charge in [-0.15, -0.1) is 0 Å². The summed E-state index contributed by atoms with van der Waals surface area (Å²) < 4.78 is 17.6. The van der Waals surface area contributed by atoms with Gasteiger partial charge in [0.15, 0.2) is 5.78 Å². The van der Waals surface area contributed by atoms with Crippen LogP contribution in [0.25, 0.3) is 0 Å². The van der Waals surface area contributed by atoms with Gasteiger partial charge in [-0.25, -0.2) is 4.39 Å². The van der Waals surface area contributed by atoms with Gasteiger partial charge in [-0.2, -0.15) is 0 Å². The van der Waals surface area contributed by atoms with Crippen LogP contribution in [0.2, 0.25) is 0 Å². The van der Waals surface area contributed by atoms with Gasteiger partial charge < -0.3 is 4.74 Å². The van der Waals surface area contributed by atoms with E-state index < -0.39 is 24.0 Å². The van der Waals surface area contributed by atoms with E-state index in [1.165, 1.54) is 19.2 Å². The molecule has 0 saturated heterocycles. The number of carbonyl (C=O) groups is 2. The number of halogens is 1. The van der Waals surface area contributed by atoms with Gasteiger partial charge in [-0.3, -0.25) is 9.59 Å². The van der Waals surface area contributed by atoms with Crippen LogP contribution in [-0.2, 0) is 9.53 Å². The summed E-state index contributed by atoms with van der Waals surface area (Å²) in [4.78, 5) is 22.2. The van der Waals surface area contributed by atoms with Crippen LogP contribution in [-0.4, -0.2) is 18.9 Å². The molecule has 4 heteroatoms. The zero-order chi connectivity index (χ0) is 11.4. The molecule has 0 aromatic heterocycles. The fraction of sp³-hybridized carbons (Fsp3) is 0.273. The van der Waals surface area contributed by atoms with Crippen molar-refractivity contribution in [3.63, 3.8) is 0 Å². The molecule has 3 nitrogen and oxygen atoms in total. The van der Waals surface area contributed by atoms with Crippen molar-refractivity contribution in [1.82, 2.24) is 0 Å². The van der Waals surface area contributed by atoms with Crippen LogP contribution in [0.3, 0.4) is 0 Å². The third-order valence-electron chi connectivity index (χ3n) is 1.96. The fourth-order valence-corrected chi connectivity index (χ4v) is 1.14. The van der Waals surface area contributed by atoms with Crippen molar-refractivity contribution in [3.05, 3.63) is 35.1 Å². The van der Waals surface area contributed by atoms with E-state index in [0.29, 0.717) is 0 Å². The monoisotopic (exact) mass is 210 g/mol. The number of hydrogen-bond donors (Lipinski definition) is 0. The number of benzene rings is 1. The Labute approximate surface area is 86.9 Å². The summed E-state index contributed by atoms with van der Waals surface area (Å²) in [7, 11) is 1.18. The first-order chi connectivity index (χ1) is 7.04. The smallest absolute Gasteiger partial charge is 0.313 e. The van der Waals surface area contributed by atoms with Crippen LogP contribution >= 0.6 is 0 Å². The third kappa shape index (κ3) is 2.87. The highest BCUT2D eigenvalue weighted by atomic mass is 19.1. The maximum Gasteiger partial charge on any atom is 0.313 e. The molecule has 0 aliphatic heterocycles. The summed E-state index contributed by atoms with van der Waals surface area (Å²) in [5.74, 6) is -1.84. The summed E-state index contributed by atoms with van der Waals surface area (Å²) in [5.41, 5.74) is 0.646. The quantitative estimate of drug-likeness (QED) is 0.434. The van der Waals surface area contributed by atoms with Crippen molar-refractivity contribution < 1.29 is 18.7 Å². The van der Waals surface area contributed by atoms with Crippen molar-refractivity contribution in [2.24, 2.45) is 0 Å². The van der Waals surface area contributed by atoms with Gasteiger partial charge in [-0.05, 0) is 24.6 Å². The lowest BCUT2D eigenvalue weighted by molar-refractivity contribution is -0.139. The van der Waals surface area contributed by atoms with Crippen molar-refractivity contribution in [2.45, 2.75) is 13.3 Å². The second kappa shape index (κ2) is 4.68. The van der Waals surface area contributed by atoms with E-state index in [1.807, 2.05) is 0 Å². The summed E-state index contributed by atoms with van der Waals surface area (Å²) in [6.45, 7) is 1.72. The highest BCUT2D eigenvalue weighted by Crippen LogP contribution is 2.12. The van der Waals surface area contributed by atoms with E-state index in [4.69, 9.17) is 0 Å².